The first-order valence-electron chi connectivity index (χ1n) is 8.75. The van der Waals surface area contributed by atoms with E-state index in [1.54, 1.807) is 23.9 Å². The van der Waals surface area contributed by atoms with E-state index < -0.39 is 5.91 Å². The van der Waals surface area contributed by atoms with Crippen LogP contribution in [0, 0.1) is 13.8 Å². The molecule has 28 heavy (non-hydrogen) atoms. The molecule has 0 aromatic carbocycles. The maximum atomic E-state index is 11.8. The summed E-state index contributed by atoms with van der Waals surface area (Å²) in [6.07, 6.45) is 2.43. The molecule has 4 aromatic rings. The number of aromatic nitrogens is 8. The molecule has 4 N–H and O–H groups in total. The van der Waals surface area contributed by atoms with Crippen LogP contribution in [0.4, 0.5) is 0 Å². The van der Waals surface area contributed by atoms with Crippen molar-refractivity contribution in [1.29, 1.82) is 0 Å². The number of pyridine rings is 1. The molecule has 0 aliphatic heterocycles. The van der Waals surface area contributed by atoms with Gasteiger partial charge in [0.15, 0.2) is 11.4 Å². The van der Waals surface area contributed by atoms with Crippen molar-refractivity contribution >= 4 is 16.8 Å². The summed E-state index contributed by atoms with van der Waals surface area (Å²) in [4.78, 5) is 20.5. The smallest absolute Gasteiger partial charge is 0.269 e. The second-order valence-electron chi connectivity index (χ2n) is 6.46. The van der Waals surface area contributed by atoms with Crippen molar-refractivity contribution in [2.24, 2.45) is 5.73 Å². The third-order valence-electron chi connectivity index (χ3n) is 4.35. The number of hydrogen-bond acceptors (Lipinski definition) is 7. The number of aromatic amines is 1. The van der Waals surface area contributed by atoms with Crippen molar-refractivity contribution in [1.82, 2.24) is 39.7 Å². The zero-order valence-corrected chi connectivity index (χ0v) is 15.6. The van der Waals surface area contributed by atoms with Gasteiger partial charge in [-0.25, -0.2) is 5.10 Å². The fourth-order valence-corrected chi connectivity index (χ4v) is 3.08. The van der Waals surface area contributed by atoms with Gasteiger partial charge in [-0.15, -0.1) is 0 Å². The van der Waals surface area contributed by atoms with Gasteiger partial charge in [0.1, 0.15) is 11.4 Å². The van der Waals surface area contributed by atoms with E-state index in [0.717, 1.165) is 12.1 Å². The molecule has 144 valence electrons. The van der Waals surface area contributed by atoms with E-state index in [2.05, 4.69) is 30.4 Å². The first-order valence-corrected chi connectivity index (χ1v) is 8.75. The van der Waals surface area contributed by atoms with E-state index in [0.29, 0.717) is 28.8 Å². The van der Waals surface area contributed by atoms with Crippen molar-refractivity contribution in [3.63, 3.8) is 0 Å². The third-order valence-corrected chi connectivity index (χ3v) is 4.35. The molecule has 0 aliphatic rings. The molecular formula is C17H19N9O2. The van der Waals surface area contributed by atoms with Crippen molar-refractivity contribution in [3.05, 3.63) is 29.3 Å². The maximum absolute atomic E-state index is 11.8. The Hall–Kier alpha value is -3.76. The van der Waals surface area contributed by atoms with Gasteiger partial charge in [-0.3, -0.25) is 14.5 Å². The summed E-state index contributed by atoms with van der Waals surface area (Å²) in [5.74, 6) is -0.0897. The molecule has 4 rings (SSSR count). The molecule has 0 aliphatic carbocycles. The van der Waals surface area contributed by atoms with Crippen LogP contribution < -0.4 is 5.73 Å². The summed E-state index contributed by atoms with van der Waals surface area (Å²) < 4.78 is 3.08. The zero-order valence-electron chi connectivity index (χ0n) is 15.6. The van der Waals surface area contributed by atoms with Gasteiger partial charge in [-0.05, 0) is 26.3 Å². The van der Waals surface area contributed by atoms with Gasteiger partial charge < -0.3 is 10.8 Å². The lowest BCUT2D eigenvalue weighted by Crippen LogP contribution is -2.12. The van der Waals surface area contributed by atoms with Gasteiger partial charge in [0.25, 0.3) is 5.91 Å². The monoisotopic (exact) mass is 381 g/mol. The van der Waals surface area contributed by atoms with Crippen LogP contribution in [-0.4, -0.2) is 50.7 Å². The minimum Gasteiger partial charge on any atom is -0.504 e. The summed E-state index contributed by atoms with van der Waals surface area (Å²) in [7, 11) is 0. The molecule has 0 bridgehead atoms. The minimum absolute atomic E-state index is 0.0273. The van der Waals surface area contributed by atoms with Crippen LogP contribution in [-0.2, 0) is 6.54 Å². The van der Waals surface area contributed by atoms with Crippen molar-refractivity contribution in [3.8, 4) is 23.2 Å². The Morgan fingerprint density at radius 3 is 2.82 bits per heavy atom. The second-order valence-corrected chi connectivity index (χ2v) is 6.46. The highest BCUT2D eigenvalue weighted by Gasteiger charge is 2.22. The summed E-state index contributed by atoms with van der Waals surface area (Å²) in [6, 6.07) is 1.74. The Morgan fingerprint density at radius 1 is 1.32 bits per heavy atom. The number of rotatable bonds is 5. The lowest BCUT2D eigenvalue weighted by Gasteiger charge is -2.02. The Morgan fingerprint density at radius 2 is 2.11 bits per heavy atom. The van der Waals surface area contributed by atoms with Crippen LogP contribution in [0.25, 0.3) is 28.4 Å². The molecule has 0 spiro atoms. The second kappa shape index (κ2) is 6.44. The number of nitrogens with zero attached hydrogens (tertiary/aromatic N) is 7. The predicted octanol–water partition coefficient (Wildman–Crippen LogP) is 1.23. The number of nitrogens with two attached hydrogens (primary N) is 1. The number of carbonyl (C=O) groups is 1. The quantitative estimate of drug-likeness (QED) is 0.470. The number of aryl methyl sites for hydroxylation is 3. The zero-order chi connectivity index (χ0) is 20.0. The van der Waals surface area contributed by atoms with Crippen LogP contribution in [0.5, 0.6) is 5.75 Å². The van der Waals surface area contributed by atoms with Crippen LogP contribution in [0.2, 0.25) is 0 Å². The van der Waals surface area contributed by atoms with Gasteiger partial charge in [0.2, 0.25) is 11.8 Å². The van der Waals surface area contributed by atoms with E-state index >= 15 is 0 Å². The highest BCUT2D eigenvalue weighted by atomic mass is 16.3. The number of carbonyl (C=O) groups excluding carboxylic acids is 1. The van der Waals surface area contributed by atoms with E-state index in [4.69, 9.17) is 5.73 Å². The molecule has 0 atom stereocenters. The van der Waals surface area contributed by atoms with Crippen molar-refractivity contribution < 1.29 is 9.90 Å². The predicted molar refractivity (Wildman–Crippen MR) is 100.0 cm³/mol. The average Bonchev–Trinajstić information content (AvgIpc) is 3.32. The lowest BCUT2D eigenvalue weighted by atomic mass is 10.2. The fourth-order valence-electron chi connectivity index (χ4n) is 3.08. The maximum Gasteiger partial charge on any atom is 0.269 e. The van der Waals surface area contributed by atoms with Gasteiger partial charge in [-0.2, -0.15) is 25.0 Å². The van der Waals surface area contributed by atoms with Crippen LogP contribution in [0.15, 0.2) is 12.3 Å². The third kappa shape index (κ3) is 2.68. The summed E-state index contributed by atoms with van der Waals surface area (Å²) in [5.41, 5.74) is 7.79. The largest absolute Gasteiger partial charge is 0.504 e. The van der Waals surface area contributed by atoms with Crippen molar-refractivity contribution in [2.75, 3.05) is 0 Å². The van der Waals surface area contributed by atoms with E-state index in [1.165, 1.54) is 4.68 Å². The minimum atomic E-state index is -0.650. The molecular weight excluding hydrogens is 362 g/mol. The van der Waals surface area contributed by atoms with Gasteiger partial charge >= 0.3 is 0 Å². The SMILES string of the molecule is CCCn1nc(C)c(O)c1-c1n[nH]c(-n2nc(C(N)=O)c3cc(C)ncc32)n1. The van der Waals surface area contributed by atoms with E-state index in [-0.39, 0.29) is 23.2 Å². The highest BCUT2D eigenvalue weighted by Crippen LogP contribution is 2.30. The normalized spacial score (nSPS) is 11.4. The Bertz CT molecular complexity index is 1200. The van der Waals surface area contributed by atoms with Gasteiger partial charge in [-0.1, -0.05) is 6.92 Å². The van der Waals surface area contributed by atoms with E-state index in [1.807, 2.05) is 13.8 Å². The Balaban J connectivity index is 1.87. The molecule has 0 fully saturated rings. The summed E-state index contributed by atoms with van der Waals surface area (Å²) in [6.45, 7) is 6.15. The molecule has 11 nitrogen and oxygen atoms in total. The van der Waals surface area contributed by atoms with E-state index in [9.17, 15) is 9.90 Å². The Kier molecular flexibility index (Phi) is 4.06. The molecule has 0 saturated heterocycles. The van der Waals surface area contributed by atoms with Crippen LogP contribution in [0.1, 0.15) is 35.2 Å². The number of H-pyrrole nitrogens is 1. The fraction of sp³-hybridized carbons (Fsp3) is 0.294. The lowest BCUT2D eigenvalue weighted by molar-refractivity contribution is 0.0996. The standard InChI is InChI=1S/C17H19N9O2/c1-4-5-25-13(14(27)9(3)23-25)16-20-17(22-21-16)26-11-7-19-8(2)6-10(11)12(24-26)15(18)28/h6-7,27H,4-5H2,1-3H3,(H2,18,28)(H,20,21,22). The van der Waals surface area contributed by atoms with Crippen molar-refractivity contribution in [2.45, 2.75) is 33.7 Å². The Labute approximate surface area is 159 Å². The topological polar surface area (TPSA) is 153 Å². The van der Waals surface area contributed by atoms with Gasteiger partial charge in [0, 0.05) is 17.6 Å². The molecule has 0 radical (unpaired) electrons. The first kappa shape index (κ1) is 17.6. The van der Waals surface area contributed by atoms with Crippen LogP contribution in [0.3, 0.4) is 0 Å². The van der Waals surface area contributed by atoms with Crippen LogP contribution >= 0.6 is 0 Å². The number of primary amides is 1. The number of hydrogen-bond donors (Lipinski definition) is 3. The molecule has 4 aromatic heterocycles. The van der Waals surface area contributed by atoms with Gasteiger partial charge in [0.05, 0.1) is 11.7 Å². The number of amides is 1. The molecule has 1 amide bonds. The molecule has 0 unspecified atom stereocenters. The molecule has 11 heteroatoms. The number of nitrogens with one attached hydrogen (secondary N) is 1. The molecule has 0 saturated carbocycles. The first-order chi connectivity index (χ1) is 13.4. The molecule has 4 heterocycles. The number of aromatic hydroxyl groups is 1. The highest BCUT2D eigenvalue weighted by molar-refractivity contribution is 6.04. The summed E-state index contributed by atoms with van der Waals surface area (Å²) in [5, 5.41) is 26.6. The number of fused-ring (bicyclic) bond motifs is 1. The average molecular weight is 381 g/mol. The summed E-state index contributed by atoms with van der Waals surface area (Å²) >= 11 is 0.